The van der Waals surface area contributed by atoms with E-state index < -0.39 is 17.3 Å². The molecule has 0 aromatic carbocycles. The number of aliphatic hydroxyl groups is 2. The standard InChI is InChI=1S/C16H20F3N3O3/c17-16(18,19)12-1-2-13(20-7-12)21-5-3-11(4-6-21)14(24)22-8-15(25,9-22)10-23/h1-2,7,11,23,25H,3-6,8-10H2. The second-order valence-corrected chi connectivity index (χ2v) is 6.74. The Balaban J connectivity index is 1.53. The number of β-amino-alcohol motifs (C(OH)–C–C–N with tert-alkyl or cyclic N) is 1. The predicted molar refractivity (Wildman–Crippen MR) is 82.8 cm³/mol. The number of aromatic nitrogens is 1. The number of pyridine rings is 1. The minimum atomic E-state index is -4.40. The van der Waals surface area contributed by atoms with Gasteiger partial charge in [0.05, 0.1) is 25.3 Å². The number of hydrogen-bond acceptors (Lipinski definition) is 5. The summed E-state index contributed by atoms with van der Waals surface area (Å²) >= 11 is 0. The number of amides is 1. The number of aliphatic hydroxyl groups excluding tert-OH is 1. The number of carbonyl (C=O) groups is 1. The predicted octanol–water partition coefficient (Wildman–Crippen LogP) is 0.882. The highest BCUT2D eigenvalue weighted by Crippen LogP contribution is 2.31. The lowest BCUT2D eigenvalue weighted by Gasteiger charge is -2.47. The molecule has 2 N–H and O–H groups in total. The molecule has 0 bridgehead atoms. The summed E-state index contributed by atoms with van der Waals surface area (Å²) in [5, 5.41) is 18.8. The van der Waals surface area contributed by atoms with Crippen molar-refractivity contribution in [2.75, 3.05) is 37.7 Å². The maximum atomic E-state index is 12.6. The summed E-state index contributed by atoms with van der Waals surface area (Å²) in [5.41, 5.74) is -1.96. The average Bonchev–Trinajstić information content (AvgIpc) is 2.58. The lowest BCUT2D eigenvalue weighted by Crippen LogP contribution is -2.66. The van der Waals surface area contributed by atoms with E-state index in [9.17, 15) is 23.1 Å². The number of carbonyl (C=O) groups excluding carboxylic acids is 1. The topological polar surface area (TPSA) is 76.9 Å². The van der Waals surface area contributed by atoms with E-state index in [4.69, 9.17) is 5.11 Å². The Morgan fingerprint density at radius 3 is 2.40 bits per heavy atom. The van der Waals surface area contributed by atoms with E-state index in [-0.39, 0.29) is 31.5 Å². The van der Waals surface area contributed by atoms with Crippen molar-refractivity contribution in [3.8, 4) is 0 Å². The molecule has 0 aliphatic carbocycles. The lowest BCUT2D eigenvalue weighted by molar-refractivity contribution is -0.166. The second-order valence-electron chi connectivity index (χ2n) is 6.74. The third-order valence-corrected chi connectivity index (χ3v) is 4.82. The van der Waals surface area contributed by atoms with Crippen LogP contribution in [0.4, 0.5) is 19.0 Å². The molecule has 6 nitrogen and oxygen atoms in total. The number of likely N-dealkylation sites (tertiary alicyclic amines) is 1. The Labute approximate surface area is 142 Å². The number of piperidine rings is 1. The number of rotatable bonds is 3. The molecule has 2 saturated heterocycles. The molecule has 2 aliphatic heterocycles. The van der Waals surface area contributed by atoms with Crippen LogP contribution in [0.1, 0.15) is 18.4 Å². The van der Waals surface area contributed by atoms with Gasteiger partial charge in [-0.1, -0.05) is 0 Å². The van der Waals surface area contributed by atoms with Crippen LogP contribution >= 0.6 is 0 Å². The van der Waals surface area contributed by atoms with E-state index in [1.54, 1.807) is 0 Å². The first-order chi connectivity index (χ1) is 11.7. The first-order valence-electron chi connectivity index (χ1n) is 8.12. The fourth-order valence-corrected chi connectivity index (χ4v) is 3.27. The largest absolute Gasteiger partial charge is 0.417 e. The maximum Gasteiger partial charge on any atom is 0.417 e. The highest BCUT2D eigenvalue weighted by molar-refractivity contribution is 5.80. The molecule has 0 spiro atoms. The van der Waals surface area contributed by atoms with Crippen molar-refractivity contribution in [2.24, 2.45) is 5.92 Å². The number of alkyl halides is 3. The van der Waals surface area contributed by atoms with Gasteiger partial charge in [0, 0.05) is 25.2 Å². The fourth-order valence-electron chi connectivity index (χ4n) is 3.27. The molecule has 1 aromatic heterocycles. The van der Waals surface area contributed by atoms with E-state index >= 15 is 0 Å². The Morgan fingerprint density at radius 1 is 1.28 bits per heavy atom. The van der Waals surface area contributed by atoms with Crippen molar-refractivity contribution in [3.05, 3.63) is 23.9 Å². The molecule has 25 heavy (non-hydrogen) atoms. The Hall–Kier alpha value is -1.87. The van der Waals surface area contributed by atoms with Crippen LogP contribution in [-0.2, 0) is 11.0 Å². The third kappa shape index (κ3) is 3.72. The van der Waals surface area contributed by atoms with Gasteiger partial charge < -0.3 is 20.0 Å². The van der Waals surface area contributed by atoms with E-state index in [0.717, 1.165) is 12.3 Å². The zero-order valence-corrected chi connectivity index (χ0v) is 13.5. The zero-order valence-electron chi connectivity index (χ0n) is 13.5. The molecule has 2 fully saturated rings. The van der Waals surface area contributed by atoms with Crippen LogP contribution in [0.25, 0.3) is 0 Å². The van der Waals surface area contributed by atoms with Crippen molar-refractivity contribution in [3.63, 3.8) is 0 Å². The molecule has 3 heterocycles. The minimum absolute atomic E-state index is 0.0434. The molecule has 0 atom stereocenters. The van der Waals surface area contributed by atoms with Crippen LogP contribution in [0.2, 0.25) is 0 Å². The molecule has 3 rings (SSSR count). The third-order valence-electron chi connectivity index (χ3n) is 4.82. The molecular formula is C16H20F3N3O3. The molecule has 138 valence electrons. The summed E-state index contributed by atoms with van der Waals surface area (Å²) in [5.74, 6) is 0.254. The van der Waals surface area contributed by atoms with Crippen molar-refractivity contribution < 1.29 is 28.2 Å². The van der Waals surface area contributed by atoms with Gasteiger partial charge in [-0.3, -0.25) is 4.79 Å². The van der Waals surface area contributed by atoms with Gasteiger partial charge >= 0.3 is 6.18 Å². The second kappa shape index (κ2) is 6.45. The molecule has 1 amide bonds. The van der Waals surface area contributed by atoms with Crippen LogP contribution in [0.5, 0.6) is 0 Å². The van der Waals surface area contributed by atoms with E-state index in [1.807, 2.05) is 4.90 Å². The van der Waals surface area contributed by atoms with Crippen molar-refractivity contribution >= 4 is 11.7 Å². The van der Waals surface area contributed by atoms with Gasteiger partial charge in [-0.05, 0) is 25.0 Å². The van der Waals surface area contributed by atoms with E-state index in [0.29, 0.717) is 31.7 Å². The summed E-state index contributed by atoms with van der Waals surface area (Å²) in [4.78, 5) is 19.6. The van der Waals surface area contributed by atoms with Crippen LogP contribution in [0.3, 0.4) is 0 Å². The first kappa shape index (κ1) is 17.9. The summed E-state index contributed by atoms with van der Waals surface area (Å²) < 4.78 is 37.7. The molecule has 0 saturated carbocycles. The van der Waals surface area contributed by atoms with Crippen molar-refractivity contribution in [1.82, 2.24) is 9.88 Å². The van der Waals surface area contributed by atoms with Gasteiger partial charge in [0.25, 0.3) is 0 Å². The zero-order chi connectivity index (χ0) is 18.2. The minimum Gasteiger partial charge on any atom is -0.393 e. The summed E-state index contributed by atoms with van der Waals surface area (Å²) in [6.45, 7) is 0.987. The maximum absolute atomic E-state index is 12.6. The van der Waals surface area contributed by atoms with Gasteiger partial charge in [0.2, 0.25) is 5.91 Å². The molecular weight excluding hydrogens is 339 g/mol. The lowest BCUT2D eigenvalue weighted by atomic mass is 9.89. The van der Waals surface area contributed by atoms with Crippen LogP contribution in [0, 0.1) is 5.92 Å². The highest BCUT2D eigenvalue weighted by Gasteiger charge is 2.45. The van der Waals surface area contributed by atoms with Gasteiger partial charge in [-0.15, -0.1) is 0 Å². The number of halogens is 3. The Morgan fingerprint density at radius 2 is 1.92 bits per heavy atom. The fraction of sp³-hybridized carbons (Fsp3) is 0.625. The molecule has 9 heteroatoms. The number of nitrogens with zero attached hydrogens (tertiary/aromatic N) is 3. The van der Waals surface area contributed by atoms with Gasteiger partial charge in [-0.25, -0.2) is 4.98 Å². The molecule has 1 aromatic rings. The quantitative estimate of drug-likeness (QED) is 0.838. The summed E-state index contributed by atoms with van der Waals surface area (Å²) in [6.07, 6.45) is -2.42. The number of anilines is 1. The molecule has 0 radical (unpaired) electrons. The van der Waals surface area contributed by atoms with E-state index in [2.05, 4.69) is 4.98 Å². The normalized spacial score (nSPS) is 21.2. The van der Waals surface area contributed by atoms with Gasteiger partial charge in [0.1, 0.15) is 11.4 Å². The van der Waals surface area contributed by atoms with Crippen LogP contribution in [0.15, 0.2) is 18.3 Å². The summed E-state index contributed by atoms with van der Waals surface area (Å²) in [6, 6.07) is 2.36. The average molecular weight is 359 g/mol. The number of hydrogen-bond donors (Lipinski definition) is 2. The smallest absolute Gasteiger partial charge is 0.393 e. The summed E-state index contributed by atoms with van der Waals surface area (Å²) in [7, 11) is 0. The van der Waals surface area contributed by atoms with Crippen molar-refractivity contribution in [1.29, 1.82) is 0 Å². The monoisotopic (exact) mass is 359 g/mol. The SMILES string of the molecule is O=C(C1CCN(c2ccc(C(F)(F)F)cn2)CC1)N1CC(O)(CO)C1. The molecule has 2 aliphatic rings. The van der Waals surface area contributed by atoms with E-state index in [1.165, 1.54) is 11.0 Å². The highest BCUT2D eigenvalue weighted by atomic mass is 19.4. The van der Waals surface area contributed by atoms with Crippen LogP contribution < -0.4 is 4.90 Å². The first-order valence-corrected chi connectivity index (χ1v) is 8.12. The molecule has 0 unspecified atom stereocenters. The van der Waals surface area contributed by atoms with Gasteiger partial charge in [-0.2, -0.15) is 13.2 Å². The van der Waals surface area contributed by atoms with Crippen LogP contribution in [-0.4, -0.2) is 64.4 Å². The van der Waals surface area contributed by atoms with Crippen molar-refractivity contribution in [2.45, 2.75) is 24.6 Å². The Kier molecular flexibility index (Phi) is 4.63. The van der Waals surface area contributed by atoms with Gasteiger partial charge in [0.15, 0.2) is 0 Å². The Bertz CT molecular complexity index is 622.